The molecule has 2 aliphatic rings. The Balaban J connectivity index is 1.59. The number of Topliss-reactive ketones (excluding diaryl/α,β-unsaturated/α-hetero) is 1. The van der Waals surface area contributed by atoms with Gasteiger partial charge in [-0.2, -0.15) is 0 Å². The van der Waals surface area contributed by atoms with Crippen LogP contribution in [0.4, 0.5) is 15.3 Å². The zero-order valence-corrected chi connectivity index (χ0v) is 17.7. The number of nitrogens with zero attached hydrogens (tertiary/aromatic N) is 2. The maximum absolute atomic E-state index is 13.2. The topological polar surface area (TPSA) is 96.0 Å². The molecule has 2 aliphatic heterocycles. The van der Waals surface area contributed by atoms with Crippen LogP contribution in [-0.4, -0.2) is 48.4 Å². The van der Waals surface area contributed by atoms with E-state index < -0.39 is 23.6 Å². The third-order valence-corrected chi connectivity index (χ3v) is 6.38. The number of nitrogens with one attached hydrogen (secondary N) is 1. The first kappa shape index (κ1) is 20.1. The number of hydrogen-bond acceptors (Lipinski definition) is 6. The summed E-state index contributed by atoms with van der Waals surface area (Å²) in [5.74, 6) is -0.787. The Morgan fingerprint density at radius 2 is 2.00 bits per heavy atom. The molecule has 1 aromatic heterocycles. The molecule has 0 bridgehead atoms. The smallest absolute Gasteiger partial charge is 0.414 e. The van der Waals surface area contributed by atoms with Crippen LogP contribution in [-0.2, 0) is 15.1 Å². The minimum absolute atomic E-state index is 0.279. The van der Waals surface area contributed by atoms with E-state index in [4.69, 9.17) is 4.74 Å². The lowest BCUT2D eigenvalue weighted by molar-refractivity contribution is -0.130. The van der Waals surface area contributed by atoms with E-state index in [0.29, 0.717) is 30.0 Å². The van der Waals surface area contributed by atoms with Gasteiger partial charge < -0.3 is 10.1 Å². The van der Waals surface area contributed by atoms with Gasteiger partial charge >= 0.3 is 12.1 Å². The second kappa shape index (κ2) is 7.24. The molecule has 0 spiro atoms. The summed E-state index contributed by atoms with van der Waals surface area (Å²) in [6.07, 6.45) is -0.451. The van der Waals surface area contributed by atoms with Crippen LogP contribution in [0.25, 0.3) is 0 Å². The molecule has 8 nitrogen and oxygen atoms in total. The second-order valence-electron chi connectivity index (χ2n) is 7.51. The van der Waals surface area contributed by atoms with Crippen molar-refractivity contribution in [1.82, 2.24) is 10.2 Å². The molecule has 4 amide bonds. The van der Waals surface area contributed by atoms with Crippen molar-refractivity contribution in [3.63, 3.8) is 0 Å². The summed E-state index contributed by atoms with van der Waals surface area (Å²) in [5.41, 5.74) is 0.297. The first-order valence-electron chi connectivity index (χ1n) is 9.50. The number of carbonyl (C=O) groups is 4. The highest BCUT2D eigenvalue weighted by atomic mass is 32.1. The third-order valence-electron chi connectivity index (χ3n) is 5.41. The molecule has 0 unspecified atom stereocenters. The molecular weight excluding hydrogens is 406 g/mol. The van der Waals surface area contributed by atoms with E-state index in [9.17, 15) is 19.2 Å². The van der Waals surface area contributed by atoms with Gasteiger partial charge in [0.1, 0.15) is 12.1 Å². The molecule has 0 radical (unpaired) electrons. The molecular formula is C21H21N3O5S. The maximum Gasteiger partial charge on any atom is 0.414 e. The minimum Gasteiger partial charge on any atom is -0.447 e. The number of benzene rings is 1. The van der Waals surface area contributed by atoms with E-state index in [1.807, 2.05) is 13.8 Å². The van der Waals surface area contributed by atoms with Gasteiger partial charge in [0, 0.05) is 21.0 Å². The molecule has 2 fully saturated rings. The van der Waals surface area contributed by atoms with Crippen LogP contribution in [0.5, 0.6) is 0 Å². The molecule has 9 heteroatoms. The van der Waals surface area contributed by atoms with Gasteiger partial charge in [0.15, 0.2) is 5.78 Å². The summed E-state index contributed by atoms with van der Waals surface area (Å²) in [6, 6.07) is 8.00. The van der Waals surface area contributed by atoms with E-state index in [2.05, 4.69) is 5.32 Å². The number of hydrogen-bond donors (Lipinski definition) is 1. The van der Waals surface area contributed by atoms with Gasteiger partial charge in [-0.15, -0.1) is 11.3 Å². The predicted octanol–water partition coefficient (Wildman–Crippen LogP) is 2.97. The van der Waals surface area contributed by atoms with Crippen LogP contribution in [0.2, 0.25) is 0 Å². The van der Waals surface area contributed by atoms with Gasteiger partial charge in [-0.25, -0.2) is 9.59 Å². The Bertz CT molecular complexity index is 1080. The van der Waals surface area contributed by atoms with Crippen molar-refractivity contribution in [2.75, 3.05) is 24.6 Å². The van der Waals surface area contributed by atoms with Crippen molar-refractivity contribution < 1.29 is 23.9 Å². The van der Waals surface area contributed by atoms with Crippen LogP contribution in [0, 0.1) is 13.8 Å². The Kier molecular flexibility index (Phi) is 4.85. The van der Waals surface area contributed by atoms with Crippen LogP contribution in [0.3, 0.4) is 0 Å². The average Bonchev–Trinajstić information content (AvgIpc) is 3.34. The normalized spacial score (nSPS) is 21.2. The standard InChI is InChI=1S/C21H21N3O5S/c1-12-9-16(13(2)30-12)17(25)11-24-18(26)21(3,22-19(24)27)14-5-4-6-15(10-14)23-7-8-29-20(23)28/h4-6,9-10H,7-8,11H2,1-3H3,(H,22,27)/t21-/m0/s1. The van der Waals surface area contributed by atoms with Gasteiger partial charge in [0.25, 0.3) is 5.91 Å². The lowest BCUT2D eigenvalue weighted by Crippen LogP contribution is -2.41. The van der Waals surface area contributed by atoms with E-state index in [0.717, 1.165) is 14.7 Å². The Labute approximate surface area is 177 Å². The quantitative estimate of drug-likeness (QED) is 0.585. The number of carbonyl (C=O) groups excluding carboxylic acids is 4. The number of amides is 4. The molecule has 0 saturated carbocycles. The fourth-order valence-electron chi connectivity index (χ4n) is 3.79. The highest BCUT2D eigenvalue weighted by Gasteiger charge is 2.49. The number of aryl methyl sites for hydroxylation is 2. The molecule has 2 aromatic rings. The zero-order valence-electron chi connectivity index (χ0n) is 16.9. The number of urea groups is 1. The van der Waals surface area contributed by atoms with Crippen LogP contribution in [0.15, 0.2) is 30.3 Å². The fraction of sp³-hybridized carbons (Fsp3) is 0.333. The summed E-state index contributed by atoms with van der Waals surface area (Å²) in [6.45, 7) is 5.74. The first-order chi connectivity index (χ1) is 14.2. The number of imide groups is 1. The second-order valence-corrected chi connectivity index (χ2v) is 8.97. The number of ketones is 1. The van der Waals surface area contributed by atoms with E-state index in [-0.39, 0.29) is 12.3 Å². The monoisotopic (exact) mass is 427 g/mol. The summed E-state index contributed by atoms with van der Waals surface area (Å²) in [5, 5.41) is 2.71. The summed E-state index contributed by atoms with van der Waals surface area (Å²) in [7, 11) is 0. The maximum atomic E-state index is 13.2. The predicted molar refractivity (Wildman–Crippen MR) is 111 cm³/mol. The van der Waals surface area contributed by atoms with E-state index in [1.165, 1.54) is 16.2 Å². The van der Waals surface area contributed by atoms with Gasteiger partial charge in [-0.05, 0) is 44.5 Å². The van der Waals surface area contributed by atoms with Gasteiger partial charge in [-0.3, -0.25) is 19.4 Å². The average molecular weight is 427 g/mol. The summed E-state index contributed by atoms with van der Waals surface area (Å²) in [4.78, 5) is 54.6. The van der Waals surface area contributed by atoms with Crippen molar-refractivity contribution in [3.8, 4) is 0 Å². The highest BCUT2D eigenvalue weighted by molar-refractivity contribution is 7.12. The van der Waals surface area contributed by atoms with Crippen molar-refractivity contribution >= 4 is 40.8 Å². The molecule has 3 heterocycles. The molecule has 4 rings (SSSR count). The Morgan fingerprint density at radius 3 is 2.63 bits per heavy atom. The summed E-state index contributed by atoms with van der Waals surface area (Å²) >= 11 is 1.50. The van der Waals surface area contributed by atoms with E-state index in [1.54, 1.807) is 37.3 Å². The number of rotatable bonds is 5. The van der Waals surface area contributed by atoms with Crippen molar-refractivity contribution in [3.05, 3.63) is 51.2 Å². The summed E-state index contributed by atoms with van der Waals surface area (Å²) < 4.78 is 4.97. The minimum atomic E-state index is -1.34. The molecule has 156 valence electrons. The first-order valence-corrected chi connectivity index (χ1v) is 10.3. The van der Waals surface area contributed by atoms with Crippen LogP contribution >= 0.6 is 11.3 Å². The molecule has 2 saturated heterocycles. The number of ether oxygens (including phenoxy) is 1. The highest BCUT2D eigenvalue weighted by Crippen LogP contribution is 2.32. The zero-order chi connectivity index (χ0) is 21.6. The van der Waals surface area contributed by atoms with Gasteiger partial charge in [0.05, 0.1) is 13.1 Å². The Morgan fingerprint density at radius 1 is 1.23 bits per heavy atom. The lowest BCUT2D eigenvalue weighted by Gasteiger charge is -2.24. The van der Waals surface area contributed by atoms with Crippen molar-refractivity contribution in [2.24, 2.45) is 0 Å². The molecule has 30 heavy (non-hydrogen) atoms. The van der Waals surface area contributed by atoms with Gasteiger partial charge in [-0.1, -0.05) is 12.1 Å². The fourth-order valence-corrected chi connectivity index (χ4v) is 4.73. The van der Waals surface area contributed by atoms with Crippen LogP contribution in [0.1, 0.15) is 32.6 Å². The molecule has 1 atom stereocenters. The molecule has 1 aromatic carbocycles. The van der Waals surface area contributed by atoms with Gasteiger partial charge in [0.2, 0.25) is 0 Å². The lowest BCUT2D eigenvalue weighted by atomic mass is 9.91. The number of cyclic esters (lactones) is 1. The van der Waals surface area contributed by atoms with Crippen molar-refractivity contribution in [1.29, 1.82) is 0 Å². The number of anilines is 1. The largest absolute Gasteiger partial charge is 0.447 e. The Hall–Kier alpha value is -3.20. The molecule has 1 N–H and O–H groups in total. The van der Waals surface area contributed by atoms with Crippen LogP contribution < -0.4 is 10.2 Å². The van der Waals surface area contributed by atoms with E-state index >= 15 is 0 Å². The SMILES string of the molecule is Cc1cc(C(=O)CN2C(=O)N[C@@](C)(c3cccc(N4CCOC4=O)c3)C2=O)c(C)s1. The molecule has 0 aliphatic carbocycles. The van der Waals surface area contributed by atoms with Crippen molar-refractivity contribution in [2.45, 2.75) is 26.3 Å². The number of thiophene rings is 1. The third kappa shape index (κ3) is 3.24.